The van der Waals surface area contributed by atoms with Crippen LogP contribution >= 0.6 is 0 Å². The van der Waals surface area contributed by atoms with E-state index in [1.54, 1.807) is 0 Å². The number of amides is 2. The van der Waals surface area contributed by atoms with Gasteiger partial charge in [0, 0.05) is 38.5 Å². The average Bonchev–Trinajstić information content (AvgIpc) is 2.54. The standard InChI is InChI=1S/C17H30N2O2/c1-3-6-16(20)18-11-8-15(9-12-18)17(21)19-10-5-7-14(4-2)13-19/h14-15H,3-13H2,1-2H3. The maximum atomic E-state index is 12.6. The molecule has 0 aromatic carbocycles. The molecular weight excluding hydrogens is 264 g/mol. The molecule has 0 bridgehead atoms. The molecule has 0 aliphatic carbocycles. The monoisotopic (exact) mass is 294 g/mol. The van der Waals surface area contributed by atoms with Gasteiger partial charge in [-0.3, -0.25) is 9.59 Å². The first kappa shape index (κ1) is 16.3. The predicted molar refractivity (Wildman–Crippen MR) is 83.8 cm³/mol. The summed E-state index contributed by atoms with van der Waals surface area (Å²) in [7, 11) is 0. The molecule has 2 heterocycles. The molecule has 2 fully saturated rings. The Kier molecular flexibility index (Phi) is 6.07. The molecule has 120 valence electrons. The third-order valence-corrected chi connectivity index (χ3v) is 5.07. The van der Waals surface area contributed by atoms with Crippen LogP contribution in [-0.2, 0) is 9.59 Å². The minimum atomic E-state index is 0.145. The zero-order valence-electron chi connectivity index (χ0n) is 13.6. The predicted octanol–water partition coefficient (Wildman–Crippen LogP) is 2.67. The summed E-state index contributed by atoms with van der Waals surface area (Å²) >= 11 is 0. The molecule has 0 N–H and O–H groups in total. The van der Waals surface area contributed by atoms with Gasteiger partial charge in [0.2, 0.25) is 11.8 Å². The second-order valence-corrected chi connectivity index (χ2v) is 6.61. The molecule has 0 aromatic rings. The number of carbonyl (C=O) groups is 2. The van der Waals surface area contributed by atoms with Gasteiger partial charge in [0.1, 0.15) is 0 Å². The van der Waals surface area contributed by atoms with Crippen molar-refractivity contribution in [1.29, 1.82) is 0 Å². The molecule has 2 saturated heterocycles. The minimum absolute atomic E-state index is 0.145. The number of carbonyl (C=O) groups excluding carboxylic acids is 2. The molecule has 0 aromatic heterocycles. The highest BCUT2D eigenvalue weighted by Gasteiger charge is 2.31. The van der Waals surface area contributed by atoms with E-state index in [2.05, 4.69) is 11.8 Å². The molecule has 0 radical (unpaired) electrons. The van der Waals surface area contributed by atoms with Crippen molar-refractivity contribution in [3.05, 3.63) is 0 Å². The zero-order valence-corrected chi connectivity index (χ0v) is 13.6. The molecule has 0 saturated carbocycles. The lowest BCUT2D eigenvalue weighted by Crippen LogP contribution is -2.47. The third-order valence-electron chi connectivity index (χ3n) is 5.07. The Bertz CT molecular complexity index is 362. The molecule has 4 nitrogen and oxygen atoms in total. The minimum Gasteiger partial charge on any atom is -0.343 e. The van der Waals surface area contributed by atoms with Crippen molar-refractivity contribution in [1.82, 2.24) is 9.80 Å². The van der Waals surface area contributed by atoms with Gasteiger partial charge in [-0.15, -0.1) is 0 Å². The van der Waals surface area contributed by atoms with Crippen LogP contribution in [0.2, 0.25) is 0 Å². The Morgan fingerprint density at radius 2 is 1.71 bits per heavy atom. The first-order valence-corrected chi connectivity index (χ1v) is 8.72. The quantitative estimate of drug-likeness (QED) is 0.800. The number of hydrogen-bond acceptors (Lipinski definition) is 2. The molecule has 4 heteroatoms. The highest BCUT2D eigenvalue weighted by Crippen LogP contribution is 2.25. The first-order chi connectivity index (χ1) is 10.2. The topological polar surface area (TPSA) is 40.6 Å². The second-order valence-electron chi connectivity index (χ2n) is 6.61. The van der Waals surface area contributed by atoms with Crippen molar-refractivity contribution in [3.8, 4) is 0 Å². The largest absolute Gasteiger partial charge is 0.343 e. The summed E-state index contributed by atoms with van der Waals surface area (Å²) in [6, 6.07) is 0. The van der Waals surface area contributed by atoms with Crippen LogP contribution in [0, 0.1) is 11.8 Å². The van der Waals surface area contributed by atoms with Crippen LogP contribution in [0.15, 0.2) is 0 Å². The fourth-order valence-corrected chi connectivity index (χ4v) is 3.60. The number of likely N-dealkylation sites (tertiary alicyclic amines) is 2. The van der Waals surface area contributed by atoms with E-state index in [1.165, 1.54) is 12.8 Å². The summed E-state index contributed by atoms with van der Waals surface area (Å²) in [6.45, 7) is 7.67. The number of hydrogen-bond donors (Lipinski definition) is 0. The molecule has 1 atom stereocenters. The Balaban J connectivity index is 1.81. The molecule has 2 amide bonds. The number of nitrogens with zero attached hydrogens (tertiary/aromatic N) is 2. The van der Waals surface area contributed by atoms with Gasteiger partial charge in [0.25, 0.3) is 0 Å². The van der Waals surface area contributed by atoms with Gasteiger partial charge in [-0.05, 0) is 38.0 Å². The lowest BCUT2D eigenvalue weighted by molar-refractivity contribution is -0.142. The Hall–Kier alpha value is -1.06. The summed E-state index contributed by atoms with van der Waals surface area (Å²) in [5, 5.41) is 0. The SMILES string of the molecule is CCCC(=O)N1CCC(C(=O)N2CCCC(CC)C2)CC1. The van der Waals surface area contributed by atoms with Crippen molar-refractivity contribution in [2.24, 2.45) is 11.8 Å². The van der Waals surface area contributed by atoms with E-state index in [-0.39, 0.29) is 11.8 Å². The van der Waals surface area contributed by atoms with Gasteiger partial charge in [-0.1, -0.05) is 20.3 Å². The smallest absolute Gasteiger partial charge is 0.225 e. The summed E-state index contributed by atoms with van der Waals surface area (Å²) in [5.74, 6) is 1.43. The molecule has 2 aliphatic rings. The van der Waals surface area contributed by atoms with Crippen LogP contribution < -0.4 is 0 Å². The molecule has 2 aliphatic heterocycles. The molecule has 1 unspecified atom stereocenters. The summed E-state index contributed by atoms with van der Waals surface area (Å²) in [4.78, 5) is 28.6. The fourth-order valence-electron chi connectivity index (χ4n) is 3.60. The summed E-state index contributed by atoms with van der Waals surface area (Å²) < 4.78 is 0. The van der Waals surface area contributed by atoms with Gasteiger partial charge in [0.05, 0.1) is 0 Å². The lowest BCUT2D eigenvalue weighted by Gasteiger charge is -2.37. The zero-order chi connectivity index (χ0) is 15.2. The summed E-state index contributed by atoms with van der Waals surface area (Å²) in [6.07, 6.45) is 6.84. The van der Waals surface area contributed by atoms with Crippen LogP contribution in [0.4, 0.5) is 0 Å². The van der Waals surface area contributed by atoms with Crippen molar-refractivity contribution >= 4 is 11.8 Å². The third kappa shape index (κ3) is 4.21. The highest BCUT2D eigenvalue weighted by molar-refractivity contribution is 5.80. The van der Waals surface area contributed by atoms with Crippen LogP contribution in [0.1, 0.15) is 58.8 Å². The van der Waals surface area contributed by atoms with E-state index in [4.69, 9.17) is 0 Å². The molecular formula is C17H30N2O2. The van der Waals surface area contributed by atoms with E-state index in [9.17, 15) is 9.59 Å². The van der Waals surface area contributed by atoms with Crippen molar-refractivity contribution < 1.29 is 9.59 Å². The lowest BCUT2D eigenvalue weighted by atomic mass is 9.91. The van der Waals surface area contributed by atoms with E-state index in [0.29, 0.717) is 18.2 Å². The second kappa shape index (κ2) is 7.81. The molecule has 2 rings (SSSR count). The van der Waals surface area contributed by atoms with Gasteiger partial charge in [-0.25, -0.2) is 0 Å². The Morgan fingerprint density at radius 3 is 2.33 bits per heavy atom. The normalized spacial score (nSPS) is 24.2. The molecule has 0 spiro atoms. The van der Waals surface area contributed by atoms with Gasteiger partial charge < -0.3 is 9.80 Å². The fraction of sp³-hybridized carbons (Fsp3) is 0.882. The first-order valence-electron chi connectivity index (χ1n) is 8.72. The number of rotatable bonds is 4. The molecule has 21 heavy (non-hydrogen) atoms. The van der Waals surface area contributed by atoms with Gasteiger partial charge in [-0.2, -0.15) is 0 Å². The van der Waals surface area contributed by atoms with E-state index < -0.39 is 0 Å². The average molecular weight is 294 g/mol. The van der Waals surface area contributed by atoms with Crippen LogP contribution in [0.3, 0.4) is 0 Å². The van der Waals surface area contributed by atoms with Crippen LogP contribution in [-0.4, -0.2) is 47.8 Å². The maximum Gasteiger partial charge on any atom is 0.225 e. The summed E-state index contributed by atoms with van der Waals surface area (Å²) in [5.41, 5.74) is 0. The Labute approximate surface area is 128 Å². The van der Waals surface area contributed by atoms with E-state index in [0.717, 1.165) is 51.9 Å². The van der Waals surface area contributed by atoms with Crippen LogP contribution in [0.25, 0.3) is 0 Å². The maximum absolute atomic E-state index is 12.6. The van der Waals surface area contributed by atoms with Crippen LogP contribution in [0.5, 0.6) is 0 Å². The van der Waals surface area contributed by atoms with E-state index >= 15 is 0 Å². The van der Waals surface area contributed by atoms with Gasteiger partial charge >= 0.3 is 0 Å². The van der Waals surface area contributed by atoms with Gasteiger partial charge in [0.15, 0.2) is 0 Å². The number of piperidine rings is 2. The van der Waals surface area contributed by atoms with Crippen molar-refractivity contribution in [3.63, 3.8) is 0 Å². The Morgan fingerprint density at radius 1 is 1.00 bits per heavy atom. The highest BCUT2D eigenvalue weighted by atomic mass is 16.2. The van der Waals surface area contributed by atoms with Crippen molar-refractivity contribution in [2.45, 2.75) is 58.8 Å². The van der Waals surface area contributed by atoms with E-state index in [1.807, 2.05) is 11.8 Å². The van der Waals surface area contributed by atoms with Crippen molar-refractivity contribution in [2.75, 3.05) is 26.2 Å².